The molecule has 0 bridgehead atoms. The Bertz CT molecular complexity index is 926. The van der Waals surface area contributed by atoms with Crippen LogP contribution in [0.25, 0.3) is 27.6 Å². The highest BCUT2D eigenvalue weighted by Gasteiger charge is 2.12. The Balaban J connectivity index is 2.19. The van der Waals surface area contributed by atoms with E-state index in [0.29, 0.717) is 0 Å². The first kappa shape index (κ1) is 12.0. The monoisotopic (exact) mass is 274 g/mol. The number of benzene rings is 2. The van der Waals surface area contributed by atoms with Crippen LogP contribution in [0.1, 0.15) is 0 Å². The van der Waals surface area contributed by atoms with Crippen LogP contribution in [0.2, 0.25) is 0 Å². The van der Waals surface area contributed by atoms with Gasteiger partial charge in [0.2, 0.25) is 0 Å². The molecule has 0 aliphatic carbocycles. The molecule has 0 amide bonds. The highest BCUT2D eigenvalue weighted by molar-refractivity contribution is 6.09. The Morgan fingerprint density at radius 3 is 2.48 bits per heavy atom. The van der Waals surface area contributed by atoms with E-state index in [1.807, 2.05) is 30.5 Å². The molecule has 3 nitrogen and oxygen atoms in total. The maximum Gasteiger partial charge on any atom is 0.137 e. The van der Waals surface area contributed by atoms with E-state index in [9.17, 15) is 0 Å². The Morgan fingerprint density at radius 1 is 0.857 bits per heavy atom. The number of hydrogen-bond acceptors (Lipinski definition) is 2. The summed E-state index contributed by atoms with van der Waals surface area (Å²) in [4.78, 5) is 4.50. The highest BCUT2D eigenvalue weighted by atomic mass is 16.5. The maximum atomic E-state index is 5.38. The van der Waals surface area contributed by atoms with Crippen molar-refractivity contribution < 1.29 is 4.74 Å². The second kappa shape index (κ2) is 4.63. The maximum absolute atomic E-state index is 5.38. The van der Waals surface area contributed by atoms with E-state index in [1.165, 1.54) is 10.8 Å². The zero-order valence-corrected chi connectivity index (χ0v) is 11.7. The van der Waals surface area contributed by atoms with Gasteiger partial charge in [0.05, 0.1) is 18.1 Å². The summed E-state index contributed by atoms with van der Waals surface area (Å²) < 4.78 is 7.55. The topological polar surface area (TPSA) is 27.1 Å². The SMILES string of the molecule is COc1ccc2c3ccccc3n(-c3ccccn3)c2c1. The van der Waals surface area contributed by atoms with Crippen LogP contribution >= 0.6 is 0 Å². The second-order valence-electron chi connectivity index (χ2n) is 4.92. The Morgan fingerprint density at radius 2 is 1.67 bits per heavy atom. The van der Waals surface area contributed by atoms with Gasteiger partial charge in [0, 0.05) is 23.0 Å². The second-order valence-corrected chi connectivity index (χ2v) is 4.92. The normalized spacial score (nSPS) is 11.1. The fourth-order valence-corrected chi connectivity index (χ4v) is 2.81. The van der Waals surface area contributed by atoms with E-state index in [-0.39, 0.29) is 0 Å². The van der Waals surface area contributed by atoms with Crippen molar-refractivity contribution in [1.82, 2.24) is 9.55 Å². The zero-order valence-electron chi connectivity index (χ0n) is 11.7. The minimum atomic E-state index is 0.850. The third-order valence-electron chi connectivity index (χ3n) is 3.76. The van der Waals surface area contributed by atoms with E-state index in [2.05, 4.69) is 45.9 Å². The number of aromatic nitrogens is 2. The van der Waals surface area contributed by atoms with E-state index < -0.39 is 0 Å². The molecular formula is C18H14N2O. The van der Waals surface area contributed by atoms with E-state index in [4.69, 9.17) is 4.74 Å². The molecule has 0 aliphatic heterocycles. The van der Waals surface area contributed by atoms with Crippen LogP contribution in [0.5, 0.6) is 5.75 Å². The lowest BCUT2D eigenvalue weighted by Crippen LogP contribution is -1.96. The molecule has 21 heavy (non-hydrogen) atoms. The summed E-state index contributed by atoms with van der Waals surface area (Å²) in [6.07, 6.45) is 1.82. The number of para-hydroxylation sites is 1. The summed E-state index contributed by atoms with van der Waals surface area (Å²) in [5.74, 6) is 1.76. The van der Waals surface area contributed by atoms with Gasteiger partial charge in [-0.2, -0.15) is 0 Å². The number of rotatable bonds is 2. The molecule has 0 aliphatic rings. The molecule has 0 N–H and O–H groups in total. The summed E-state index contributed by atoms with van der Waals surface area (Å²) in [6.45, 7) is 0. The first-order valence-corrected chi connectivity index (χ1v) is 6.87. The molecule has 4 aromatic rings. The first-order valence-electron chi connectivity index (χ1n) is 6.87. The number of hydrogen-bond donors (Lipinski definition) is 0. The molecule has 0 atom stereocenters. The summed E-state index contributed by atoms with van der Waals surface area (Å²) in [5, 5.41) is 2.43. The Hall–Kier alpha value is -2.81. The molecule has 0 radical (unpaired) electrons. The number of pyridine rings is 1. The van der Waals surface area contributed by atoms with E-state index in [0.717, 1.165) is 22.6 Å². The summed E-state index contributed by atoms with van der Waals surface area (Å²) >= 11 is 0. The van der Waals surface area contributed by atoms with Gasteiger partial charge in [-0.1, -0.05) is 24.3 Å². The lowest BCUT2D eigenvalue weighted by atomic mass is 10.1. The minimum Gasteiger partial charge on any atom is -0.497 e. The van der Waals surface area contributed by atoms with Gasteiger partial charge in [-0.05, 0) is 30.3 Å². The molecule has 4 rings (SSSR count). The van der Waals surface area contributed by atoms with Crippen LogP contribution in [0.4, 0.5) is 0 Å². The molecule has 0 fully saturated rings. The van der Waals surface area contributed by atoms with Gasteiger partial charge in [0.25, 0.3) is 0 Å². The quantitative estimate of drug-likeness (QED) is 0.548. The van der Waals surface area contributed by atoms with Crippen molar-refractivity contribution in [2.45, 2.75) is 0 Å². The fourth-order valence-electron chi connectivity index (χ4n) is 2.81. The lowest BCUT2D eigenvalue weighted by molar-refractivity contribution is 0.415. The van der Waals surface area contributed by atoms with Gasteiger partial charge in [0.15, 0.2) is 0 Å². The summed E-state index contributed by atoms with van der Waals surface area (Å²) in [5.41, 5.74) is 2.26. The van der Waals surface area contributed by atoms with Crippen molar-refractivity contribution in [2.75, 3.05) is 7.11 Å². The van der Waals surface area contributed by atoms with Gasteiger partial charge >= 0.3 is 0 Å². The fraction of sp³-hybridized carbons (Fsp3) is 0.0556. The van der Waals surface area contributed by atoms with Gasteiger partial charge in [0.1, 0.15) is 11.6 Å². The molecule has 2 aromatic heterocycles. The van der Waals surface area contributed by atoms with Crippen LogP contribution in [-0.2, 0) is 0 Å². The summed E-state index contributed by atoms with van der Waals surface area (Å²) in [6, 6.07) is 20.5. The average molecular weight is 274 g/mol. The van der Waals surface area contributed by atoms with Crippen molar-refractivity contribution >= 4 is 21.8 Å². The molecule has 0 unspecified atom stereocenters. The smallest absolute Gasteiger partial charge is 0.137 e. The van der Waals surface area contributed by atoms with Crippen LogP contribution in [0.3, 0.4) is 0 Å². The van der Waals surface area contributed by atoms with Crippen LogP contribution in [0, 0.1) is 0 Å². The van der Waals surface area contributed by atoms with Crippen molar-refractivity contribution in [1.29, 1.82) is 0 Å². The van der Waals surface area contributed by atoms with Gasteiger partial charge in [-0.3, -0.25) is 4.57 Å². The van der Waals surface area contributed by atoms with Crippen molar-refractivity contribution in [3.8, 4) is 11.6 Å². The average Bonchev–Trinajstić information content (AvgIpc) is 2.89. The van der Waals surface area contributed by atoms with Gasteiger partial charge in [-0.25, -0.2) is 4.98 Å². The standard InChI is InChI=1S/C18H14N2O/c1-21-13-9-10-15-14-6-2-3-7-16(14)20(17(15)12-13)18-8-4-5-11-19-18/h2-12H,1H3. The molecule has 102 valence electrons. The molecule has 2 heterocycles. The Kier molecular flexibility index (Phi) is 2.64. The third kappa shape index (κ3) is 1.78. The number of fused-ring (bicyclic) bond motifs is 3. The number of methoxy groups -OCH3 is 1. The van der Waals surface area contributed by atoms with Crippen LogP contribution in [0.15, 0.2) is 66.9 Å². The molecule has 0 spiro atoms. The van der Waals surface area contributed by atoms with E-state index in [1.54, 1.807) is 7.11 Å². The predicted octanol–water partition coefficient (Wildman–Crippen LogP) is 4.19. The third-order valence-corrected chi connectivity index (χ3v) is 3.76. The lowest BCUT2D eigenvalue weighted by Gasteiger charge is -2.07. The largest absolute Gasteiger partial charge is 0.497 e. The van der Waals surface area contributed by atoms with Crippen molar-refractivity contribution in [2.24, 2.45) is 0 Å². The molecule has 3 heteroatoms. The van der Waals surface area contributed by atoms with Crippen LogP contribution in [-0.4, -0.2) is 16.7 Å². The zero-order chi connectivity index (χ0) is 14.2. The predicted molar refractivity (Wildman–Crippen MR) is 85.1 cm³/mol. The minimum absolute atomic E-state index is 0.850. The van der Waals surface area contributed by atoms with Gasteiger partial charge < -0.3 is 4.74 Å². The number of nitrogens with zero attached hydrogens (tertiary/aromatic N) is 2. The van der Waals surface area contributed by atoms with Gasteiger partial charge in [-0.15, -0.1) is 0 Å². The highest BCUT2D eigenvalue weighted by Crippen LogP contribution is 2.33. The molecule has 2 aromatic carbocycles. The van der Waals surface area contributed by atoms with E-state index >= 15 is 0 Å². The Labute approximate surface area is 122 Å². The molecule has 0 saturated heterocycles. The molecule has 0 saturated carbocycles. The first-order chi connectivity index (χ1) is 10.4. The molecular weight excluding hydrogens is 260 g/mol. The van der Waals surface area contributed by atoms with Crippen molar-refractivity contribution in [3.05, 3.63) is 66.9 Å². The van der Waals surface area contributed by atoms with Crippen LogP contribution < -0.4 is 4.74 Å². The van der Waals surface area contributed by atoms with Crippen molar-refractivity contribution in [3.63, 3.8) is 0 Å². The number of ether oxygens (including phenoxy) is 1. The summed E-state index contributed by atoms with van der Waals surface area (Å²) in [7, 11) is 1.69.